The summed E-state index contributed by atoms with van der Waals surface area (Å²) in [4.78, 5) is 0. The van der Waals surface area contributed by atoms with Crippen LogP contribution in [0.2, 0.25) is 0 Å². The van der Waals surface area contributed by atoms with E-state index in [4.69, 9.17) is 9.47 Å². The first kappa shape index (κ1) is 16.4. The molecule has 0 aliphatic heterocycles. The number of rotatable bonds is 5. The first-order valence-electron chi connectivity index (χ1n) is 7.64. The van der Waals surface area contributed by atoms with E-state index in [0.717, 1.165) is 16.4 Å². The molecule has 1 unspecified atom stereocenters. The predicted molar refractivity (Wildman–Crippen MR) is 98.9 cm³/mol. The summed E-state index contributed by atoms with van der Waals surface area (Å²) in [6.07, 6.45) is 0. The predicted octanol–water partition coefficient (Wildman–Crippen LogP) is 3.34. The monoisotopic (exact) mass is 338 g/mol. The molecule has 3 nitrogen and oxygen atoms in total. The van der Waals surface area contributed by atoms with E-state index in [0.29, 0.717) is 11.1 Å². The fraction of sp³-hybridized carbons (Fsp3) is 0.100. The van der Waals surface area contributed by atoms with Crippen LogP contribution in [0.1, 0.15) is 0 Å². The number of methoxy groups -OCH3 is 2. The molecule has 0 heterocycles. The first-order valence-corrected chi connectivity index (χ1v) is 9.34. The average Bonchev–Trinajstić information content (AvgIpc) is 2.68. The van der Waals surface area contributed by atoms with E-state index < -0.39 is 7.14 Å². The minimum atomic E-state index is -3.04. The molecule has 24 heavy (non-hydrogen) atoms. The van der Waals surface area contributed by atoms with Gasteiger partial charge in [-0.3, -0.25) is 0 Å². The lowest BCUT2D eigenvalue weighted by molar-refractivity contribution is 0.415. The Morgan fingerprint density at radius 3 is 1.88 bits per heavy atom. The molecule has 0 aliphatic rings. The van der Waals surface area contributed by atoms with E-state index in [1.165, 1.54) is 0 Å². The highest BCUT2D eigenvalue weighted by Gasteiger charge is 2.32. The van der Waals surface area contributed by atoms with Crippen molar-refractivity contribution >= 4 is 23.1 Å². The van der Waals surface area contributed by atoms with E-state index >= 15 is 0 Å². The van der Waals surface area contributed by atoms with Crippen LogP contribution in [0.4, 0.5) is 0 Å². The molecule has 0 spiro atoms. The lowest BCUT2D eigenvalue weighted by atomic mass is 10.3. The van der Waals surface area contributed by atoms with Gasteiger partial charge in [0.25, 0.3) is 0 Å². The van der Waals surface area contributed by atoms with Crippen LogP contribution in [0.3, 0.4) is 0 Å². The molecule has 1 atom stereocenters. The zero-order valence-electron chi connectivity index (χ0n) is 13.7. The molecule has 3 aromatic rings. The number of benzene rings is 3. The topological polar surface area (TPSA) is 35.5 Å². The second-order valence-corrected chi connectivity index (χ2v) is 8.05. The van der Waals surface area contributed by atoms with Crippen LogP contribution in [-0.4, -0.2) is 14.2 Å². The number of ether oxygens (including phenoxy) is 2. The Morgan fingerprint density at radius 2 is 1.25 bits per heavy atom. The fourth-order valence-corrected chi connectivity index (χ4v) is 5.53. The van der Waals surface area contributed by atoms with Crippen molar-refractivity contribution in [3.8, 4) is 11.5 Å². The summed E-state index contributed by atoms with van der Waals surface area (Å²) in [5.74, 6) is 1.36. The van der Waals surface area contributed by atoms with Crippen LogP contribution in [-0.2, 0) is 4.57 Å². The van der Waals surface area contributed by atoms with Gasteiger partial charge in [0.05, 0.1) is 19.5 Å². The van der Waals surface area contributed by atoms with Crippen LogP contribution < -0.4 is 25.4 Å². The molecule has 0 fully saturated rings. The maximum absolute atomic E-state index is 14.3. The largest absolute Gasteiger partial charge is 0.497 e. The number of para-hydroxylation sites is 1. The molecule has 0 N–H and O–H groups in total. The highest BCUT2D eigenvalue weighted by Crippen LogP contribution is 2.45. The van der Waals surface area contributed by atoms with Gasteiger partial charge < -0.3 is 14.0 Å². The van der Waals surface area contributed by atoms with Crippen LogP contribution in [0.15, 0.2) is 78.9 Å². The summed E-state index contributed by atoms with van der Waals surface area (Å²) in [5, 5.41) is 2.22. The van der Waals surface area contributed by atoms with Gasteiger partial charge in [-0.15, -0.1) is 0 Å². The van der Waals surface area contributed by atoms with Gasteiger partial charge in [-0.1, -0.05) is 42.5 Å². The Morgan fingerprint density at radius 1 is 0.667 bits per heavy atom. The molecule has 0 saturated carbocycles. The zero-order chi connectivity index (χ0) is 17.0. The lowest BCUT2D eigenvalue weighted by Crippen LogP contribution is -2.26. The van der Waals surface area contributed by atoms with Crippen LogP contribution >= 0.6 is 7.14 Å². The molecule has 0 bridgehead atoms. The van der Waals surface area contributed by atoms with Gasteiger partial charge in [0.1, 0.15) is 11.5 Å². The van der Waals surface area contributed by atoms with E-state index in [9.17, 15) is 4.57 Å². The van der Waals surface area contributed by atoms with E-state index in [1.807, 2.05) is 78.9 Å². The van der Waals surface area contributed by atoms with E-state index in [2.05, 4.69) is 0 Å². The van der Waals surface area contributed by atoms with Gasteiger partial charge in [-0.25, -0.2) is 0 Å². The molecule has 0 saturated heterocycles. The molecule has 0 amide bonds. The third kappa shape index (κ3) is 2.83. The van der Waals surface area contributed by atoms with Crippen molar-refractivity contribution in [2.45, 2.75) is 0 Å². The Kier molecular flexibility index (Phi) is 4.73. The Hall–Kier alpha value is -2.51. The van der Waals surface area contributed by atoms with E-state index in [1.54, 1.807) is 14.2 Å². The summed E-state index contributed by atoms with van der Waals surface area (Å²) in [6, 6.07) is 24.4. The molecule has 0 aromatic heterocycles. The Bertz CT molecular complexity index is 858. The fourth-order valence-electron chi connectivity index (χ4n) is 2.75. The van der Waals surface area contributed by atoms with Gasteiger partial charge in [0, 0.05) is 10.6 Å². The molecule has 122 valence electrons. The second-order valence-electron chi connectivity index (χ2n) is 5.31. The highest BCUT2D eigenvalue weighted by molar-refractivity contribution is 7.85. The highest BCUT2D eigenvalue weighted by atomic mass is 31.2. The maximum atomic E-state index is 14.3. The van der Waals surface area contributed by atoms with Gasteiger partial charge in [0.2, 0.25) is 0 Å². The Balaban J connectivity index is 2.27. The molecule has 3 rings (SSSR count). The van der Waals surface area contributed by atoms with E-state index in [-0.39, 0.29) is 0 Å². The van der Waals surface area contributed by atoms with Crippen molar-refractivity contribution in [1.29, 1.82) is 0 Å². The quantitative estimate of drug-likeness (QED) is 0.670. The van der Waals surface area contributed by atoms with Gasteiger partial charge in [0.15, 0.2) is 7.14 Å². The molecule has 3 aromatic carbocycles. The molecular formula is C20H19O3P. The third-order valence-electron chi connectivity index (χ3n) is 3.98. The smallest absolute Gasteiger partial charge is 0.174 e. The number of hydrogen-bond acceptors (Lipinski definition) is 3. The standard InChI is InChI=1S/C20H19O3P/c1-22-16-12-14-18(15-13-16)24(21,17-8-4-3-5-9-17)20-11-7-6-10-19(20)23-2/h3-15H,1-2H3. The van der Waals surface area contributed by atoms with Crippen LogP contribution in [0.5, 0.6) is 11.5 Å². The van der Waals surface area contributed by atoms with Crippen molar-refractivity contribution in [2.24, 2.45) is 0 Å². The van der Waals surface area contributed by atoms with Gasteiger partial charge in [-0.05, 0) is 36.4 Å². The first-order chi connectivity index (χ1) is 11.7. The summed E-state index contributed by atoms with van der Waals surface area (Å²) in [5.41, 5.74) is 0. The molecular weight excluding hydrogens is 319 g/mol. The lowest BCUT2D eigenvalue weighted by Gasteiger charge is -2.22. The summed E-state index contributed by atoms with van der Waals surface area (Å²) >= 11 is 0. The summed E-state index contributed by atoms with van der Waals surface area (Å²) in [7, 11) is 0.175. The third-order valence-corrected chi connectivity index (χ3v) is 7.08. The summed E-state index contributed by atoms with van der Waals surface area (Å²) in [6.45, 7) is 0. The maximum Gasteiger partial charge on any atom is 0.174 e. The van der Waals surface area contributed by atoms with Crippen molar-refractivity contribution in [2.75, 3.05) is 14.2 Å². The average molecular weight is 338 g/mol. The normalized spacial score (nSPS) is 13.1. The zero-order valence-corrected chi connectivity index (χ0v) is 14.6. The molecule has 0 aliphatic carbocycles. The van der Waals surface area contributed by atoms with Crippen molar-refractivity contribution in [3.63, 3.8) is 0 Å². The minimum Gasteiger partial charge on any atom is -0.497 e. The van der Waals surface area contributed by atoms with Gasteiger partial charge in [-0.2, -0.15) is 0 Å². The van der Waals surface area contributed by atoms with Crippen molar-refractivity contribution in [3.05, 3.63) is 78.9 Å². The molecule has 0 radical (unpaired) electrons. The Labute approximate surface area is 142 Å². The van der Waals surface area contributed by atoms with Crippen LogP contribution in [0.25, 0.3) is 0 Å². The molecule has 4 heteroatoms. The van der Waals surface area contributed by atoms with Crippen molar-refractivity contribution in [1.82, 2.24) is 0 Å². The van der Waals surface area contributed by atoms with Gasteiger partial charge >= 0.3 is 0 Å². The van der Waals surface area contributed by atoms with Crippen LogP contribution in [0, 0.1) is 0 Å². The summed E-state index contributed by atoms with van der Waals surface area (Å²) < 4.78 is 25.0. The minimum absolute atomic E-state index is 0.625. The number of hydrogen-bond donors (Lipinski definition) is 0. The van der Waals surface area contributed by atoms with Crippen molar-refractivity contribution < 1.29 is 14.0 Å². The second kappa shape index (κ2) is 6.94. The SMILES string of the molecule is COc1ccc(P(=O)(c2ccccc2)c2ccccc2OC)cc1.